The fraction of sp³-hybridized carbons (Fsp3) is 0.357. The van der Waals surface area contributed by atoms with Crippen molar-refractivity contribution < 1.29 is 19.5 Å². The molecular weight excluding hydrogens is 260 g/mol. The minimum Gasteiger partial charge on any atom is -0.374 e. The second kappa shape index (κ2) is 4.81. The fourth-order valence-electron chi connectivity index (χ4n) is 2.83. The molecule has 1 aromatic carbocycles. The number of hydrogen-bond acceptors (Lipinski definition) is 5. The summed E-state index contributed by atoms with van der Waals surface area (Å²) >= 11 is 0. The molecule has 0 radical (unpaired) electrons. The van der Waals surface area contributed by atoms with E-state index >= 15 is 0 Å². The first kappa shape index (κ1) is 13.0. The summed E-state index contributed by atoms with van der Waals surface area (Å²) in [6, 6.07) is 4.55. The monoisotopic (exact) mass is 274 g/mol. The highest BCUT2D eigenvalue weighted by atomic mass is 16.3. The van der Waals surface area contributed by atoms with E-state index in [1.165, 1.54) is 0 Å². The molecule has 2 aliphatic rings. The Kier molecular flexibility index (Phi) is 3.11. The zero-order chi connectivity index (χ0) is 14.3. The lowest BCUT2D eigenvalue weighted by molar-refractivity contribution is -0.141. The Balaban J connectivity index is 1.86. The molecular formula is C14H14N2O4. The van der Waals surface area contributed by atoms with Gasteiger partial charge in [0.15, 0.2) is 0 Å². The molecule has 2 amide bonds. The molecule has 2 atom stereocenters. The van der Waals surface area contributed by atoms with Gasteiger partial charge in [-0.15, -0.1) is 0 Å². The lowest BCUT2D eigenvalue weighted by atomic mass is 10.0. The van der Waals surface area contributed by atoms with Gasteiger partial charge in [-0.2, -0.15) is 0 Å². The molecule has 104 valence electrons. The van der Waals surface area contributed by atoms with Gasteiger partial charge in [0.05, 0.1) is 6.04 Å². The van der Waals surface area contributed by atoms with Crippen molar-refractivity contribution in [2.45, 2.75) is 31.7 Å². The van der Waals surface area contributed by atoms with Gasteiger partial charge in [-0.3, -0.25) is 24.6 Å². The maximum atomic E-state index is 11.9. The summed E-state index contributed by atoms with van der Waals surface area (Å²) in [5.41, 5.74) is 2.09. The minimum absolute atomic E-state index is 0.273. The van der Waals surface area contributed by atoms with Crippen LogP contribution < -0.4 is 5.32 Å². The summed E-state index contributed by atoms with van der Waals surface area (Å²) in [5, 5.41) is 12.6. The molecule has 20 heavy (non-hydrogen) atoms. The smallest absolute Gasteiger partial charge is 0.244 e. The molecule has 3 rings (SSSR count). The molecule has 2 unspecified atom stereocenters. The third kappa shape index (κ3) is 2.03. The van der Waals surface area contributed by atoms with Crippen molar-refractivity contribution >= 4 is 18.1 Å². The number of amides is 2. The summed E-state index contributed by atoms with van der Waals surface area (Å²) in [5.74, 6) is -0.649. The Morgan fingerprint density at radius 1 is 1.35 bits per heavy atom. The summed E-state index contributed by atoms with van der Waals surface area (Å²) in [4.78, 5) is 35.5. The molecule has 0 spiro atoms. The van der Waals surface area contributed by atoms with E-state index in [1.807, 2.05) is 0 Å². The van der Waals surface area contributed by atoms with Crippen LogP contribution in [0.3, 0.4) is 0 Å². The van der Waals surface area contributed by atoms with E-state index < -0.39 is 12.3 Å². The first-order valence-corrected chi connectivity index (χ1v) is 6.45. The zero-order valence-electron chi connectivity index (χ0n) is 10.7. The van der Waals surface area contributed by atoms with Gasteiger partial charge >= 0.3 is 0 Å². The Morgan fingerprint density at radius 2 is 2.15 bits per heavy atom. The number of aliphatic hydroxyl groups is 1. The highest BCUT2D eigenvalue weighted by Crippen LogP contribution is 2.35. The third-order valence-electron chi connectivity index (χ3n) is 3.86. The number of aldehydes is 1. The highest BCUT2D eigenvalue weighted by molar-refractivity contribution is 6.00. The number of hydrogen-bond donors (Lipinski definition) is 2. The number of imide groups is 1. The Hall–Kier alpha value is -2.05. The largest absolute Gasteiger partial charge is 0.374 e. The lowest BCUT2D eigenvalue weighted by Gasteiger charge is -2.31. The highest BCUT2D eigenvalue weighted by Gasteiger charge is 2.39. The second-order valence-electron chi connectivity index (χ2n) is 5.09. The SMILES string of the molecule is O=Cc1ccc2c(c1)CN(C1CCC(=O)NC1=O)C2O. The summed E-state index contributed by atoms with van der Waals surface area (Å²) in [6.45, 7) is 0.393. The predicted molar refractivity (Wildman–Crippen MR) is 68.5 cm³/mol. The third-order valence-corrected chi connectivity index (χ3v) is 3.86. The van der Waals surface area contributed by atoms with Gasteiger partial charge in [-0.25, -0.2) is 0 Å². The summed E-state index contributed by atoms with van der Waals surface area (Å²) in [6.07, 6.45) is 0.544. The zero-order valence-corrected chi connectivity index (χ0v) is 10.7. The molecule has 0 saturated carbocycles. The Labute approximate surface area is 115 Å². The molecule has 0 aliphatic carbocycles. The van der Waals surface area contributed by atoms with E-state index in [2.05, 4.69) is 5.32 Å². The Morgan fingerprint density at radius 3 is 2.85 bits per heavy atom. The standard InChI is InChI=1S/C14H14N2O4/c17-7-8-1-2-10-9(5-8)6-16(14(10)20)11-3-4-12(18)15-13(11)19/h1-2,5,7,11,14,20H,3-4,6H2,(H,15,18,19). The van der Waals surface area contributed by atoms with Crippen molar-refractivity contribution in [1.82, 2.24) is 10.2 Å². The number of benzene rings is 1. The number of rotatable bonds is 2. The number of nitrogens with one attached hydrogen (secondary N) is 1. The van der Waals surface area contributed by atoms with Crippen molar-refractivity contribution in [2.24, 2.45) is 0 Å². The molecule has 2 N–H and O–H groups in total. The van der Waals surface area contributed by atoms with E-state index in [0.29, 0.717) is 24.1 Å². The van der Waals surface area contributed by atoms with Crippen LogP contribution in [-0.2, 0) is 16.1 Å². The van der Waals surface area contributed by atoms with Crippen molar-refractivity contribution in [3.8, 4) is 0 Å². The van der Waals surface area contributed by atoms with Gasteiger partial charge in [0.1, 0.15) is 12.5 Å². The van der Waals surface area contributed by atoms with Gasteiger partial charge in [0.2, 0.25) is 11.8 Å². The van der Waals surface area contributed by atoms with E-state index in [9.17, 15) is 19.5 Å². The predicted octanol–water partition coefficient (Wildman–Crippen LogP) is 0.111. The van der Waals surface area contributed by atoms with Crippen LogP contribution in [0.1, 0.15) is 40.6 Å². The van der Waals surface area contributed by atoms with Gasteiger partial charge in [0.25, 0.3) is 0 Å². The van der Waals surface area contributed by atoms with Crippen LogP contribution in [0.25, 0.3) is 0 Å². The van der Waals surface area contributed by atoms with Crippen molar-refractivity contribution in [1.29, 1.82) is 0 Å². The van der Waals surface area contributed by atoms with E-state index in [0.717, 1.165) is 11.8 Å². The van der Waals surface area contributed by atoms with Gasteiger partial charge in [-0.1, -0.05) is 12.1 Å². The topological polar surface area (TPSA) is 86.7 Å². The summed E-state index contributed by atoms with van der Waals surface area (Å²) < 4.78 is 0. The first-order chi connectivity index (χ1) is 9.60. The number of aliphatic hydroxyl groups excluding tert-OH is 1. The van der Waals surface area contributed by atoms with Gasteiger partial charge < -0.3 is 5.11 Å². The molecule has 1 fully saturated rings. The molecule has 6 nitrogen and oxygen atoms in total. The maximum absolute atomic E-state index is 11.9. The van der Waals surface area contributed by atoms with Gasteiger partial charge in [0, 0.05) is 18.5 Å². The van der Waals surface area contributed by atoms with Crippen LogP contribution in [-0.4, -0.2) is 34.1 Å². The van der Waals surface area contributed by atoms with Crippen LogP contribution in [0.2, 0.25) is 0 Å². The van der Waals surface area contributed by atoms with E-state index in [1.54, 1.807) is 23.1 Å². The van der Waals surface area contributed by atoms with Crippen LogP contribution in [0, 0.1) is 0 Å². The number of carbonyl (C=O) groups is 3. The van der Waals surface area contributed by atoms with E-state index in [4.69, 9.17) is 0 Å². The van der Waals surface area contributed by atoms with E-state index in [-0.39, 0.29) is 18.2 Å². The molecule has 0 aromatic heterocycles. The van der Waals surface area contributed by atoms with Crippen LogP contribution >= 0.6 is 0 Å². The van der Waals surface area contributed by atoms with Crippen LogP contribution in [0.5, 0.6) is 0 Å². The quantitative estimate of drug-likeness (QED) is 0.590. The Bertz CT molecular complexity index is 599. The lowest BCUT2D eigenvalue weighted by Crippen LogP contribution is -2.51. The fourth-order valence-corrected chi connectivity index (χ4v) is 2.83. The molecule has 2 heterocycles. The maximum Gasteiger partial charge on any atom is 0.244 e. The number of carbonyl (C=O) groups excluding carboxylic acids is 3. The van der Waals surface area contributed by atoms with Crippen molar-refractivity contribution in [2.75, 3.05) is 0 Å². The van der Waals surface area contributed by atoms with Crippen molar-refractivity contribution in [3.05, 3.63) is 34.9 Å². The number of piperidine rings is 1. The van der Waals surface area contributed by atoms with Gasteiger partial charge in [-0.05, 0) is 23.6 Å². The molecule has 1 aromatic rings. The number of nitrogens with zero attached hydrogens (tertiary/aromatic N) is 1. The number of fused-ring (bicyclic) bond motifs is 1. The molecule has 1 saturated heterocycles. The first-order valence-electron chi connectivity index (χ1n) is 6.45. The summed E-state index contributed by atoms with van der Waals surface area (Å²) in [7, 11) is 0. The normalized spacial score (nSPS) is 26.2. The average Bonchev–Trinajstić information content (AvgIpc) is 2.75. The van der Waals surface area contributed by atoms with Crippen molar-refractivity contribution in [3.63, 3.8) is 0 Å². The van der Waals surface area contributed by atoms with Crippen LogP contribution in [0.4, 0.5) is 0 Å². The minimum atomic E-state index is -0.880. The molecule has 6 heteroatoms. The van der Waals surface area contributed by atoms with Crippen LogP contribution in [0.15, 0.2) is 18.2 Å². The average molecular weight is 274 g/mol. The molecule has 2 aliphatic heterocycles. The second-order valence-corrected chi connectivity index (χ2v) is 5.09. The molecule has 0 bridgehead atoms.